The van der Waals surface area contributed by atoms with Gasteiger partial charge in [0, 0.05) is 6.42 Å². The molecular weight excluding hydrogens is 695 g/mol. The van der Waals surface area contributed by atoms with Crippen LogP contribution < -0.4 is 5.32 Å². The lowest BCUT2D eigenvalue weighted by molar-refractivity contribution is -0.302. The van der Waals surface area contributed by atoms with Crippen LogP contribution in [0.15, 0.2) is 12.2 Å². The minimum Gasteiger partial charge on any atom is -0.394 e. The Balaban J connectivity index is 2.31. The number of allylic oxidation sites excluding steroid dienone is 1. The zero-order valence-corrected chi connectivity index (χ0v) is 35.7. The number of nitrogens with one attached hydrogen (secondary N) is 1. The SMILES string of the molecule is CCCCCCCCCCCCCC=CC(O)C(COC1OC(CO)C(O)C(O)C1O)NC(=O)CCCCCCCCCCCCCCCCCCCCC. The Kier molecular flexibility index (Phi) is 35.2. The minimum absolute atomic E-state index is 0.174. The normalized spacial score (nSPS) is 21.3. The van der Waals surface area contributed by atoms with Crippen LogP contribution in [-0.2, 0) is 14.3 Å². The Labute approximate surface area is 337 Å². The van der Waals surface area contributed by atoms with E-state index >= 15 is 0 Å². The maximum atomic E-state index is 12.9. The molecule has 9 heteroatoms. The molecular formula is C46H89NO8. The van der Waals surface area contributed by atoms with Gasteiger partial charge in [0.2, 0.25) is 5.91 Å². The molecule has 1 amide bonds. The van der Waals surface area contributed by atoms with E-state index in [4.69, 9.17) is 9.47 Å². The summed E-state index contributed by atoms with van der Waals surface area (Å²) in [6.07, 6.45) is 35.4. The van der Waals surface area contributed by atoms with Gasteiger partial charge in [-0.05, 0) is 19.3 Å². The van der Waals surface area contributed by atoms with Crippen molar-refractivity contribution in [3.8, 4) is 0 Å². The first kappa shape index (κ1) is 51.9. The van der Waals surface area contributed by atoms with Gasteiger partial charge in [-0.15, -0.1) is 0 Å². The number of hydrogen-bond acceptors (Lipinski definition) is 8. The lowest BCUT2D eigenvalue weighted by Gasteiger charge is -2.40. The first-order chi connectivity index (χ1) is 26.8. The fourth-order valence-electron chi connectivity index (χ4n) is 7.57. The summed E-state index contributed by atoms with van der Waals surface area (Å²) in [5.41, 5.74) is 0. The zero-order valence-electron chi connectivity index (χ0n) is 35.7. The summed E-state index contributed by atoms with van der Waals surface area (Å²) in [6.45, 7) is 3.78. The van der Waals surface area contributed by atoms with E-state index in [-0.39, 0.29) is 12.5 Å². The molecule has 0 aromatic heterocycles. The van der Waals surface area contributed by atoms with Gasteiger partial charge in [0.1, 0.15) is 24.4 Å². The predicted molar refractivity (Wildman–Crippen MR) is 226 cm³/mol. The fourth-order valence-corrected chi connectivity index (χ4v) is 7.57. The van der Waals surface area contributed by atoms with Crippen molar-refractivity contribution in [2.24, 2.45) is 0 Å². The van der Waals surface area contributed by atoms with Gasteiger partial charge in [-0.25, -0.2) is 0 Å². The van der Waals surface area contributed by atoms with Crippen molar-refractivity contribution >= 4 is 5.91 Å². The molecule has 0 spiro atoms. The monoisotopic (exact) mass is 784 g/mol. The number of amides is 1. The Hall–Kier alpha value is -1.07. The van der Waals surface area contributed by atoms with Crippen molar-refractivity contribution in [1.82, 2.24) is 5.32 Å². The van der Waals surface area contributed by atoms with Crippen LogP contribution >= 0.6 is 0 Å². The number of aliphatic hydroxyl groups excluding tert-OH is 5. The number of carbonyl (C=O) groups is 1. The molecule has 7 atom stereocenters. The average molecular weight is 784 g/mol. The number of aliphatic hydroxyl groups is 5. The Morgan fingerprint density at radius 3 is 1.42 bits per heavy atom. The summed E-state index contributed by atoms with van der Waals surface area (Å²) in [6, 6.07) is -0.797. The third-order valence-electron chi connectivity index (χ3n) is 11.4. The van der Waals surface area contributed by atoms with E-state index in [9.17, 15) is 30.3 Å². The highest BCUT2D eigenvalue weighted by Crippen LogP contribution is 2.23. The van der Waals surface area contributed by atoms with Gasteiger partial charge in [-0.3, -0.25) is 4.79 Å². The molecule has 1 fully saturated rings. The van der Waals surface area contributed by atoms with E-state index in [1.165, 1.54) is 161 Å². The Morgan fingerprint density at radius 1 is 0.600 bits per heavy atom. The molecule has 55 heavy (non-hydrogen) atoms. The standard InChI is InChI=1S/C46H89NO8/c1-3-5-7-9-11-13-15-17-18-19-20-21-22-24-26-28-30-32-34-36-42(50)47-39(38-54-46-45(53)44(52)43(51)41(37-48)55-46)40(49)35-33-31-29-27-25-23-16-14-12-10-8-6-4-2/h33,35,39-41,43-46,48-49,51-53H,3-32,34,36-38H2,1-2H3,(H,47,50). The Morgan fingerprint density at radius 2 is 1.00 bits per heavy atom. The zero-order chi connectivity index (χ0) is 40.2. The minimum atomic E-state index is -1.56. The number of unbranched alkanes of at least 4 members (excludes halogenated alkanes) is 29. The van der Waals surface area contributed by atoms with Crippen molar-refractivity contribution in [2.45, 2.75) is 262 Å². The largest absolute Gasteiger partial charge is 0.394 e. The van der Waals surface area contributed by atoms with Crippen LogP contribution in [0.4, 0.5) is 0 Å². The van der Waals surface area contributed by atoms with Crippen LogP contribution in [0.3, 0.4) is 0 Å². The van der Waals surface area contributed by atoms with E-state index in [0.717, 1.165) is 38.5 Å². The van der Waals surface area contributed by atoms with E-state index < -0.39 is 49.5 Å². The topological polar surface area (TPSA) is 149 Å². The lowest BCUT2D eigenvalue weighted by Crippen LogP contribution is -2.60. The maximum absolute atomic E-state index is 12.9. The number of carbonyl (C=O) groups excluding carboxylic acids is 1. The van der Waals surface area contributed by atoms with Crippen LogP contribution in [0, 0.1) is 0 Å². The summed E-state index contributed by atoms with van der Waals surface area (Å²) in [5, 5.41) is 54.2. The molecule has 0 aromatic carbocycles. The third kappa shape index (κ3) is 28.1. The highest BCUT2D eigenvalue weighted by Gasteiger charge is 2.44. The second-order valence-corrected chi connectivity index (χ2v) is 16.6. The van der Waals surface area contributed by atoms with Gasteiger partial charge in [0.15, 0.2) is 6.29 Å². The highest BCUT2D eigenvalue weighted by molar-refractivity contribution is 5.76. The summed E-state index contributed by atoms with van der Waals surface area (Å²) < 4.78 is 11.2. The van der Waals surface area contributed by atoms with Crippen LogP contribution in [0.5, 0.6) is 0 Å². The molecule has 1 aliphatic heterocycles. The first-order valence-electron chi connectivity index (χ1n) is 23.4. The van der Waals surface area contributed by atoms with Crippen molar-refractivity contribution in [3.05, 3.63) is 12.2 Å². The van der Waals surface area contributed by atoms with Gasteiger partial charge in [0.25, 0.3) is 0 Å². The molecule has 1 aliphatic rings. The van der Waals surface area contributed by atoms with Gasteiger partial charge in [-0.1, -0.05) is 206 Å². The molecule has 0 bridgehead atoms. The van der Waals surface area contributed by atoms with Gasteiger partial charge in [-0.2, -0.15) is 0 Å². The van der Waals surface area contributed by atoms with E-state index in [0.29, 0.717) is 6.42 Å². The molecule has 0 aromatic rings. The molecule has 326 valence electrons. The van der Waals surface area contributed by atoms with Crippen LogP contribution in [0.2, 0.25) is 0 Å². The molecule has 7 unspecified atom stereocenters. The molecule has 1 saturated heterocycles. The summed E-state index contributed by atoms with van der Waals surface area (Å²) >= 11 is 0. The molecule has 0 saturated carbocycles. The molecule has 6 N–H and O–H groups in total. The highest BCUT2D eigenvalue weighted by atomic mass is 16.7. The summed E-state index contributed by atoms with van der Waals surface area (Å²) in [7, 11) is 0. The van der Waals surface area contributed by atoms with E-state index in [2.05, 4.69) is 19.2 Å². The summed E-state index contributed by atoms with van der Waals surface area (Å²) in [5.74, 6) is -0.174. The fraction of sp³-hybridized carbons (Fsp3) is 0.935. The van der Waals surface area contributed by atoms with Crippen LogP contribution in [0.1, 0.15) is 219 Å². The first-order valence-corrected chi connectivity index (χ1v) is 23.4. The van der Waals surface area contributed by atoms with Crippen LogP contribution in [0.25, 0.3) is 0 Å². The molecule has 0 aliphatic carbocycles. The average Bonchev–Trinajstić information content (AvgIpc) is 3.18. The number of rotatable bonds is 39. The molecule has 1 rings (SSSR count). The van der Waals surface area contributed by atoms with Crippen LogP contribution in [-0.4, -0.2) is 87.5 Å². The van der Waals surface area contributed by atoms with Crippen molar-refractivity contribution < 1.29 is 39.8 Å². The number of ether oxygens (including phenoxy) is 2. The second-order valence-electron chi connectivity index (χ2n) is 16.6. The van der Waals surface area contributed by atoms with Gasteiger partial charge >= 0.3 is 0 Å². The van der Waals surface area contributed by atoms with Crippen molar-refractivity contribution in [1.29, 1.82) is 0 Å². The van der Waals surface area contributed by atoms with E-state index in [1.54, 1.807) is 6.08 Å². The summed E-state index contributed by atoms with van der Waals surface area (Å²) in [4.78, 5) is 12.9. The van der Waals surface area contributed by atoms with Gasteiger partial charge in [0.05, 0.1) is 25.4 Å². The van der Waals surface area contributed by atoms with Gasteiger partial charge < -0.3 is 40.3 Å². The Bertz CT molecular complexity index is 873. The molecule has 0 radical (unpaired) electrons. The smallest absolute Gasteiger partial charge is 0.220 e. The van der Waals surface area contributed by atoms with Crippen molar-refractivity contribution in [2.75, 3.05) is 13.2 Å². The van der Waals surface area contributed by atoms with Crippen molar-refractivity contribution in [3.63, 3.8) is 0 Å². The second kappa shape index (κ2) is 37.2. The van der Waals surface area contributed by atoms with E-state index in [1.807, 2.05) is 6.08 Å². The molecule has 1 heterocycles. The third-order valence-corrected chi connectivity index (χ3v) is 11.4. The predicted octanol–water partition coefficient (Wildman–Crippen LogP) is 9.73. The lowest BCUT2D eigenvalue weighted by atomic mass is 9.99. The quantitative estimate of drug-likeness (QED) is 0.0267. The molecule has 9 nitrogen and oxygen atoms in total. The maximum Gasteiger partial charge on any atom is 0.220 e. The number of hydrogen-bond donors (Lipinski definition) is 6.